The Kier molecular flexibility index (Phi) is 6.20. The molecular weight excluding hydrogens is 408 g/mol. The van der Waals surface area contributed by atoms with Gasteiger partial charge in [-0.05, 0) is 43.5 Å². The van der Waals surface area contributed by atoms with Crippen molar-refractivity contribution in [1.29, 1.82) is 0 Å². The minimum atomic E-state index is -0.323. The third-order valence-electron chi connectivity index (χ3n) is 5.15. The van der Waals surface area contributed by atoms with E-state index in [-0.39, 0.29) is 30.3 Å². The number of rotatable bonds is 8. The first kappa shape index (κ1) is 21.5. The van der Waals surface area contributed by atoms with E-state index in [0.717, 1.165) is 18.4 Å². The molecule has 8 nitrogen and oxygen atoms in total. The van der Waals surface area contributed by atoms with Crippen LogP contribution in [0.4, 0.5) is 11.4 Å². The smallest absolute Gasteiger partial charge is 0.262 e. The van der Waals surface area contributed by atoms with Gasteiger partial charge >= 0.3 is 0 Å². The summed E-state index contributed by atoms with van der Waals surface area (Å²) in [6.07, 6.45) is 1.87. The summed E-state index contributed by atoms with van der Waals surface area (Å²) < 4.78 is 11.1. The van der Waals surface area contributed by atoms with Gasteiger partial charge in [0.1, 0.15) is 5.75 Å². The molecule has 0 bridgehead atoms. The number of hydrogen-bond donors (Lipinski definition) is 2. The van der Waals surface area contributed by atoms with Crippen LogP contribution in [0.1, 0.15) is 44.0 Å². The van der Waals surface area contributed by atoms with E-state index < -0.39 is 0 Å². The van der Waals surface area contributed by atoms with Crippen molar-refractivity contribution in [3.63, 3.8) is 0 Å². The van der Waals surface area contributed by atoms with Crippen molar-refractivity contribution in [1.82, 2.24) is 10.1 Å². The number of nitrogens with one attached hydrogen (secondary N) is 2. The maximum atomic E-state index is 12.6. The van der Waals surface area contributed by atoms with Crippen LogP contribution in [0.3, 0.4) is 0 Å². The normalized spacial score (nSPS) is 13.1. The quantitative estimate of drug-likeness (QED) is 0.539. The number of ether oxygens (including phenoxy) is 1. The third kappa shape index (κ3) is 5.14. The highest BCUT2D eigenvalue weighted by atomic mass is 16.5. The maximum Gasteiger partial charge on any atom is 0.262 e. The van der Waals surface area contributed by atoms with Crippen LogP contribution in [0.5, 0.6) is 5.75 Å². The predicted molar refractivity (Wildman–Crippen MR) is 120 cm³/mol. The Morgan fingerprint density at radius 3 is 2.66 bits per heavy atom. The first-order valence-corrected chi connectivity index (χ1v) is 10.7. The summed E-state index contributed by atoms with van der Waals surface area (Å²) in [5, 5.41) is 9.77. The molecule has 1 aromatic heterocycles. The Bertz CT molecular complexity index is 1130. The number of para-hydroxylation sites is 1. The number of anilines is 2. The Hall–Kier alpha value is -3.68. The van der Waals surface area contributed by atoms with Gasteiger partial charge < -0.3 is 19.9 Å². The zero-order valence-corrected chi connectivity index (χ0v) is 18.3. The number of amides is 2. The average Bonchev–Trinajstić information content (AvgIpc) is 3.51. The number of carbonyl (C=O) groups excluding carboxylic acids is 2. The van der Waals surface area contributed by atoms with E-state index in [4.69, 9.17) is 9.26 Å². The monoisotopic (exact) mass is 434 g/mol. The minimum Gasteiger partial charge on any atom is -0.484 e. The number of carbonyl (C=O) groups is 2. The Labute approximate surface area is 186 Å². The summed E-state index contributed by atoms with van der Waals surface area (Å²) in [6, 6.07) is 12.6. The number of benzene rings is 2. The highest BCUT2D eigenvalue weighted by molar-refractivity contribution is 5.96. The molecule has 0 spiro atoms. The molecule has 0 saturated heterocycles. The Balaban J connectivity index is 1.42. The molecule has 2 N–H and O–H groups in total. The van der Waals surface area contributed by atoms with E-state index in [1.54, 1.807) is 24.3 Å². The molecule has 1 heterocycles. The summed E-state index contributed by atoms with van der Waals surface area (Å²) in [7, 11) is 0. The standard InChI is InChI=1S/C24H26N4O4/c1-14(2)22-27-24(32-28-22)19-9-4-6-15(3)21(19)26-20(29)13-31-18-8-5-7-17(12-18)25-23(30)16-10-11-16/h4-9,12,14,16H,10-11,13H2,1-3H3,(H,25,30)(H,26,29). The molecule has 2 aromatic carbocycles. The molecular formula is C24H26N4O4. The molecule has 0 radical (unpaired) electrons. The summed E-state index contributed by atoms with van der Waals surface area (Å²) >= 11 is 0. The van der Waals surface area contributed by atoms with Gasteiger partial charge in [0.2, 0.25) is 5.91 Å². The van der Waals surface area contributed by atoms with E-state index in [2.05, 4.69) is 20.8 Å². The molecule has 1 fully saturated rings. The summed E-state index contributed by atoms with van der Waals surface area (Å²) in [5.41, 5.74) is 2.77. The molecule has 1 aliphatic carbocycles. The van der Waals surface area contributed by atoms with Gasteiger partial charge in [-0.15, -0.1) is 0 Å². The van der Waals surface area contributed by atoms with Gasteiger partial charge in [0.25, 0.3) is 11.8 Å². The Morgan fingerprint density at radius 1 is 1.16 bits per heavy atom. The summed E-state index contributed by atoms with van der Waals surface area (Å²) in [4.78, 5) is 29.0. The van der Waals surface area contributed by atoms with Gasteiger partial charge in [0, 0.05) is 23.6 Å². The minimum absolute atomic E-state index is 0.0219. The predicted octanol–water partition coefficient (Wildman–Crippen LogP) is 4.53. The molecule has 32 heavy (non-hydrogen) atoms. The van der Waals surface area contributed by atoms with Crippen molar-refractivity contribution in [2.24, 2.45) is 5.92 Å². The number of aryl methyl sites for hydroxylation is 1. The van der Waals surface area contributed by atoms with Gasteiger partial charge in [-0.25, -0.2) is 0 Å². The highest BCUT2D eigenvalue weighted by Crippen LogP contribution is 2.31. The van der Waals surface area contributed by atoms with Gasteiger partial charge in [0.05, 0.1) is 11.3 Å². The zero-order chi connectivity index (χ0) is 22.7. The van der Waals surface area contributed by atoms with Gasteiger partial charge in [0.15, 0.2) is 12.4 Å². The van der Waals surface area contributed by atoms with Crippen molar-refractivity contribution < 1.29 is 18.8 Å². The molecule has 0 unspecified atom stereocenters. The van der Waals surface area contributed by atoms with Crippen LogP contribution in [-0.4, -0.2) is 28.6 Å². The fourth-order valence-corrected chi connectivity index (χ4v) is 3.17. The molecule has 166 valence electrons. The maximum absolute atomic E-state index is 12.6. The Morgan fingerprint density at radius 2 is 1.94 bits per heavy atom. The number of nitrogens with zero attached hydrogens (tertiary/aromatic N) is 2. The van der Waals surface area contributed by atoms with Crippen molar-refractivity contribution in [2.45, 2.75) is 39.5 Å². The molecule has 2 amide bonds. The van der Waals surface area contributed by atoms with Crippen LogP contribution in [0.2, 0.25) is 0 Å². The van der Waals surface area contributed by atoms with E-state index in [0.29, 0.717) is 34.4 Å². The van der Waals surface area contributed by atoms with Crippen LogP contribution in [-0.2, 0) is 9.59 Å². The summed E-state index contributed by atoms with van der Waals surface area (Å²) in [6.45, 7) is 5.68. The van der Waals surface area contributed by atoms with E-state index >= 15 is 0 Å². The molecule has 4 rings (SSSR count). The largest absolute Gasteiger partial charge is 0.484 e. The van der Waals surface area contributed by atoms with Gasteiger partial charge in [-0.2, -0.15) is 4.98 Å². The van der Waals surface area contributed by atoms with Crippen molar-refractivity contribution in [3.8, 4) is 17.2 Å². The van der Waals surface area contributed by atoms with Crippen LogP contribution in [0, 0.1) is 12.8 Å². The molecule has 1 saturated carbocycles. The van der Waals surface area contributed by atoms with Gasteiger partial charge in [-0.1, -0.05) is 37.2 Å². The third-order valence-corrected chi connectivity index (χ3v) is 5.15. The second kappa shape index (κ2) is 9.21. The lowest BCUT2D eigenvalue weighted by Gasteiger charge is -2.13. The summed E-state index contributed by atoms with van der Waals surface area (Å²) in [5.74, 6) is 1.41. The second-order valence-corrected chi connectivity index (χ2v) is 8.24. The lowest BCUT2D eigenvalue weighted by molar-refractivity contribution is -0.118. The fourth-order valence-electron chi connectivity index (χ4n) is 3.17. The lowest BCUT2D eigenvalue weighted by Crippen LogP contribution is -2.21. The molecule has 0 aliphatic heterocycles. The van der Waals surface area contributed by atoms with E-state index in [1.807, 2.05) is 39.0 Å². The SMILES string of the molecule is Cc1cccc(-c2nc(C(C)C)no2)c1NC(=O)COc1cccc(NC(=O)C2CC2)c1. The van der Waals surface area contributed by atoms with Crippen molar-refractivity contribution >= 4 is 23.2 Å². The molecule has 0 atom stereocenters. The van der Waals surface area contributed by atoms with E-state index in [9.17, 15) is 9.59 Å². The zero-order valence-electron chi connectivity index (χ0n) is 18.3. The second-order valence-electron chi connectivity index (χ2n) is 8.24. The van der Waals surface area contributed by atoms with Crippen molar-refractivity contribution in [2.75, 3.05) is 17.2 Å². The van der Waals surface area contributed by atoms with Gasteiger partial charge in [-0.3, -0.25) is 9.59 Å². The highest BCUT2D eigenvalue weighted by Gasteiger charge is 2.29. The fraction of sp³-hybridized carbons (Fsp3) is 0.333. The molecule has 8 heteroatoms. The van der Waals surface area contributed by atoms with E-state index in [1.165, 1.54) is 0 Å². The molecule has 3 aromatic rings. The van der Waals surface area contributed by atoms with Crippen molar-refractivity contribution in [3.05, 3.63) is 53.9 Å². The van der Waals surface area contributed by atoms with Crippen LogP contribution in [0.15, 0.2) is 47.0 Å². The first-order chi connectivity index (χ1) is 15.4. The lowest BCUT2D eigenvalue weighted by atomic mass is 10.1. The first-order valence-electron chi connectivity index (χ1n) is 10.7. The van der Waals surface area contributed by atoms with Crippen LogP contribution >= 0.6 is 0 Å². The number of aromatic nitrogens is 2. The number of hydrogen-bond acceptors (Lipinski definition) is 6. The molecule has 1 aliphatic rings. The average molecular weight is 434 g/mol. The van der Waals surface area contributed by atoms with Crippen LogP contribution < -0.4 is 15.4 Å². The van der Waals surface area contributed by atoms with Crippen LogP contribution in [0.25, 0.3) is 11.5 Å². The topological polar surface area (TPSA) is 106 Å².